The fourth-order valence-electron chi connectivity index (χ4n) is 2.14. The predicted molar refractivity (Wildman–Crippen MR) is 81.5 cm³/mol. The van der Waals surface area contributed by atoms with Crippen molar-refractivity contribution in [2.24, 2.45) is 0 Å². The molecule has 0 aliphatic rings. The molecule has 3 heterocycles. The molecule has 0 unspecified atom stereocenters. The fourth-order valence-corrected chi connectivity index (χ4v) is 2.86. The van der Waals surface area contributed by atoms with Crippen molar-refractivity contribution in [3.05, 3.63) is 45.7 Å². The molecular formula is C14H9N5O2S. The van der Waals surface area contributed by atoms with E-state index in [0.29, 0.717) is 27.3 Å². The Labute approximate surface area is 127 Å². The molecule has 7 nitrogen and oxygen atoms in total. The van der Waals surface area contributed by atoms with Crippen molar-refractivity contribution in [3.8, 4) is 22.4 Å². The topological polar surface area (TPSA) is 97.6 Å². The maximum Gasteiger partial charge on any atom is 0.279 e. The van der Waals surface area contributed by atoms with Crippen LogP contribution < -0.4 is 5.56 Å². The molecule has 1 N–H and O–H groups in total. The first-order valence-corrected chi connectivity index (χ1v) is 7.34. The molecule has 0 fully saturated rings. The molecule has 4 aromatic rings. The van der Waals surface area contributed by atoms with Gasteiger partial charge >= 0.3 is 0 Å². The number of H-pyrrole nitrogens is 1. The van der Waals surface area contributed by atoms with Crippen LogP contribution >= 0.6 is 11.3 Å². The van der Waals surface area contributed by atoms with Crippen LogP contribution in [0, 0.1) is 6.92 Å². The second kappa shape index (κ2) is 4.85. The van der Waals surface area contributed by atoms with E-state index in [1.54, 1.807) is 18.2 Å². The normalized spacial score (nSPS) is 11.1. The molecule has 0 aliphatic carbocycles. The first-order chi connectivity index (χ1) is 10.7. The standard InChI is InChI=1S/C14H9N5O2S/c1-7-6-22-14(15-7)11-16-13(21-19-11)10-8-4-2-3-5-9(8)12(20)18-17-10/h2-6H,1H3,(H,18,20). The zero-order valence-electron chi connectivity index (χ0n) is 11.4. The third-order valence-electron chi connectivity index (χ3n) is 3.13. The molecule has 0 saturated heterocycles. The van der Waals surface area contributed by atoms with Crippen LogP contribution in [0.5, 0.6) is 0 Å². The Kier molecular flexibility index (Phi) is 2.83. The van der Waals surface area contributed by atoms with E-state index in [-0.39, 0.29) is 11.4 Å². The summed E-state index contributed by atoms with van der Waals surface area (Å²) in [6, 6.07) is 7.14. The van der Waals surface area contributed by atoms with Crippen LogP contribution in [0.25, 0.3) is 33.2 Å². The van der Waals surface area contributed by atoms with Gasteiger partial charge in [0.15, 0.2) is 10.7 Å². The summed E-state index contributed by atoms with van der Waals surface area (Å²) < 4.78 is 5.28. The number of hydrogen-bond donors (Lipinski definition) is 1. The van der Waals surface area contributed by atoms with Gasteiger partial charge in [0.1, 0.15) is 0 Å². The summed E-state index contributed by atoms with van der Waals surface area (Å²) in [5, 5.41) is 14.2. The van der Waals surface area contributed by atoms with E-state index in [4.69, 9.17) is 4.52 Å². The molecule has 0 bridgehead atoms. The molecule has 0 spiro atoms. The Morgan fingerprint density at radius 1 is 1.18 bits per heavy atom. The Hall–Kier alpha value is -2.87. The molecule has 1 aromatic carbocycles. The fraction of sp³-hybridized carbons (Fsp3) is 0.0714. The van der Waals surface area contributed by atoms with Gasteiger partial charge in [0, 0.05) is 16.5 Å². The minimum absolute atomic E-state index is 0.246. The first kappa shape index (κ1) is 12.8. The third kappa shape index (κ3) is 2.01. The largest absolute Gasteiger partial charge is 0.332 e. The van der Waals surface area contributed by atoms with Crippen LogP contribution in [-0.4, -0.2) is 25.3 Å². The van der Waals surface area contributed by atoms with Crippen LogP contribution in [-0.2, 0) is 0 Å². The molecular weight excluding hydrogens is 302 g/mol. The van der Waals surface area contributed by atoms with Gasteiger partial charge in [0.05, 0.1) is 5.39 Å². The molecule has 0 amide bonds. The van der Waals surface area contributed by atoms with Gasteiger partial charge in [-0.15, -0.1) is 11.3 Å². The lowest BCUT2D eigenvalue weighted by Gasteiger charge is -1.99. The SMILES string of the molecule is Cc1csc(-c2noc(-c3n[nH]c(=O)c4ccccc34)n2)n1. The van der Waals surface area contributed by atoms with E-state index >= 15 is 0 Å². The summed E-state index contributed by atoms with van der Waals surface area (Å²) in [5.41, 5.74) is 1.09. The molecule has 108 valence electrons. The van der Waals surface area contributed by atoms with Gasteiger partial charge in [-0.25, -0.2) is 10.1 Å². The van der Waals surface area contributed by atoms with Crippen LogP contribution in [0.15, 0.2) is 39.0 Å². The van der Waals surface area contributed by atoms with Crippen LogP contribution in [0.4, 0.5) is 0 Å². The molecule has 3 aromatic heterocycles. The number of aromatic nitrogens is 5. The van der Waals surface area contributed by atoms with Gasteiger partial charge in [-0.1, -0.05) is 23.4 Å². The van der Waals surface area contributed by atoms with Crippen LogP contribution in [0.2, 0.25) is 0 Å². The van der Waals surface area contributed by atoms with Gasteiger partial charge in [-0.05, 0) is 13.0 Å². The predicted octanol–water partition coefficient (Wildman–Crippen LogP) is 2.41. The van der Waals surface area contributed by atoms with E-state index in [9.17, 15) is 4.79 Å². The highest BCUT2D eigenvalue weighted by atomic mass is 32.1. The Morgan fingerprint density at radius 3 is 2.77 bits per heavy atom. The van der Waals surface area contributed by atoms with Gasteiger partial charge in [-0.3, -0.25) is 4.79 Å². The lowest BCUT2D eigenvalue weighted by Crippen LogP contribution is -2.09. The second-order valence-electron chi connectivity index (χ2n) is 4.66. The second-order valence-corrected chi connectivity index (χ2v) is 5.52. The average Bonchev–Trinajstić information content (AvgIpc) is 3.17. The molecule has 0 aliphatic heterocycles. The molecule has 8 heteroatoms. The maximum absolute atomic E-state index is 11.8. The lowest BCUT2D eigenvalue weighted by atomic mass is 10.1. The minimum Gasteiger partial charge on any atom is -0.332 e. The van der Waals surface area contributed by atoms with Gasteiger partial charge in [0.25, 0.3) is 11.4 Å². The smallest absolute Gasteiger partial charge is 0.279 e. The summed E-state index contributed by atoms with van der Waals surface area (Å²) in [4.78, 5) is 20.4. The Bertz CT molecular complexity index is 1030. The van der Waals surface area contributed by atoms with Gasteiger partial charge in [-0.2, -0.15) is 10.1 Å². The summed E-state index contributed by atoms with van der Waals surface area (Å²) in [7, 11) is 0. The van der Waals surface area contributed by atoms with Crippen molar-refractivity contribution in [1.29, 1.82) is 0 Å². The van der Waals surface area contributed by atoms with Crippen LogP contribution in [0.3, 0.4) is 0 Å². The average molecular weight is 311 g/mol. The number of aryl methyl sites for hydroxylation is 1. The van der Waals surface area contributed by atoms with Gasteiger partial charge < -0.3 is 4.52 Å². The van der Waals surface area contributed by atoms with Crippen molar-refractivity contribution in [2.45, 2.75) is 6.92 Å². The Balaban J connectivity index is 1.88. The van der Waals surface area contributed by atoms with Crippen LogP contribution in [0.1, 0.15) is 5.69 Å². The summed E-state index contributed by atoms with van der Waals surface area (Å²) in [6.45, 7) is 1.90. The van der Waals surface area contributed by atoms with E-state index < -0.39 is 0 Å². The highest BCUT2D eigenvalue weighted by Gasteiger charge is 2.17. The van der Waals surface area contributed by atoms with Crippen molar-refractivity contribution < 1.29 is 4.52 Å². The molecule has 0 atom stereocenters. The number of thiazole rings is 1. The molecule has 0 saturated carbocycles. The lowest BCUT2D eigenvalue weighted by molar-refractivity contribution is 0.431. The first-order valence-electron chi connectivity index (χ1n) is 6.46. The monoisotopic (exact) mass is 311 g/mol. The zero-order valence-corrected chi connectivity index (χ0v) is 12.2. The zero-order chi connectivity index (χ0) is 15.1. The molecule has 22 heavy (non-hydrogen) atoms. The summed E-state index contributed by atoms with van der Waals surface area (Å²) in [6.07, 6.45) is 0. The number of aromatic amines is 1. The quantitative estimate of drug-likeness (QED) is 0.610. The number of hydrogen-bond acceptors (Lipinski definition) is 7. The summed E-state index contributed by atoms with van der Waals surface area (Å²) >= 11 is 1.44. The number of nitrogens with zero attached hydrogens (tertiary/aromatic N) is 4. The van der Waals surface area contributed by atoms with Crippen molar-refractivity contribution in [2.75, 3.05) is 0 Å². The van der Waals surface area contributed by atoms with Crippen molar-refractivity contribution in [3.63, 3.8) is 0 Å². The Morgan fingerprint density at radius 2 is 2.00 bits per heavy atom. The number of fused-ring (bicyclic) bond motifs is 1. The van der Waals surface area contributed by atoms with Gasteiger partial charge in [0.2, 0.25) is 5.82 Å². The van der Waals surface area contributed by atoms with E-state index in [1.807, 2.05) is 18.4 Å². The maximum atomic E-state index is 11.8. The third-order valence-corrected chi connectivity index (χ3v) is 4.09. The number of rotatable bonds is 2. The highest BCUT2D eigenvalue weighted by molar-refractivity contribution is 7.13. The summed E-state index contributed by atoms with van der Waals surface area (Å²) in [5.74, 6) is 0.653. The van der Waals surface area contributed by atoms with E-state index in [1.165, 1.54) is 11.3 Å². The van der Waals surface area contributed by atoms with E-state index in [0.717, 1.165) is 5.69 Å². The highest BCUT2D eigenvalue weighted by Crippen LogP contribution is 2.26. The van der Waals surface area contributed by atoms with Crippen molar-refractivity contribution >= 4 is 22.1 Å². The molecule has 0 radical (unpaired) electrons. The minimum atomic E-state index is -0.255. The number of nitrogens with one attached hydrogen (secondary N) is 1. The van der Waals surface area contributed by atoms with E-state index in [2.05, 4.69) is 25.3 Å². The number of benzene rings is 1. The van der Waals surface area contributed by atoms with Crippen molar-refractivity contribution in [1.82, 2.24) is 25.3 Å². The molecule has 4 rings (SSSR count).